The fraction of sp³-hybridized carbons (Fsp3) is 0.267. The zero-order chi connectivity index (χ0) is 11.7. The van der Waals surface area contributed by atoms with E-state index in [4.69, 9.17) is 0 Å². The molecule has 1 aromatic heterocycles. The summed E-state index contributed by atoms with van der Waals surface area (Å²) < 4.78 is 12.9. The summed E-state index contributed by atoms with van der Waals surface area (Å²) in [5.41, 5.74) is 3.71. The van der Waals surface area contributed by atoms with Gasteiger partial charge < -0.3 is 0 Å². The molecule has 0 N–H and O–H groups in total. The Hall–Kier alpha value is -1.70. The van der Waals surface area contributed by atoms with Crippen molar-refractivity contribution in [2.24, 2.45) is 0 Å². The molecule has 0 aliphatic heterocycles. The lowest BCUT2D eigenvalue weighted by molar-refractivity contribution is 0.597. The van der Waals surface area contributed by atoms with Crippen molar-refractivity contribution in [1.82, 2.24) is 4.98 Å². The van der Waals surface area contributed by atoms with Gasteiger partial charge in [0.2, 0.25) is 0 Å². The third kappa shape index (κ3) is 1.95. The molecule has 0 spiro atoms. The maximum Gasteiger partial charge on any atom is 0.123 e. The molecular weight excluding hydrogens is 213 g/mol. The molecule has 2 aromatic rings. The molecule has 0 saturated carbocycles. The van der Waals surface area contributed by atoms with Crippen molar-refractivity contribution in [3.63, 3.8) is 0 Å². The van der Waals surface area contributed by atoms with Crippen LogP contribution < -0.4 is 0 Å². The zero-order valence-corrected chi connectivity index (χ0v) is 9.57. The van der Waals surface area contributed by atoms with Crippen LogP contribution in [0, 0.1) is 5.82 Å². The van der Waals surface area contributed by atoms with Crippen LogP contribution >= 0.6 is 0 Å². The first-order valence-electron chi connectivity index (χ1n) is 6.04. The molecule has 1 heterocycles. The zero-order valence-electron chi connectivity index (χ0n) is 9.57. The molecule has 0 saturated heterocycles. The second-order valence-corrected chi connectivity index (χ2v) is 4.54. The van der Waals surface area contributed by atoms with Gasteiger partial charge in [0.05, 0.1) is 0 Å². The molecule has 0 unspecified atom stereocenters. The molecule has 0 bridgehead atoms. The maximum atomic E-state index is 12.9. The van der Waals surface area contributed by atoms with Crippen LogP contribution in [0.1, 0.15) is 35.6 Å². The van der Waals surface area contributed by atoms with Gasteiger partial charge in [0.1, 0.15) is 5.82 Å². The van der Waals surface area contributed by atoms with E-state index in [1.54, 1.807) is 12.1 Å². The number of hydrogen-bond acceptors (Lipinski definition) is 1. The molecule has 1 atom stereocenters. The normalized spacial score (nSPS) is 18.8. The van der Waals surface area contributed by atoms with E-state index in [2.05, 4.69) is 11.1 Å². The smallest absolute Gasteiger partial charge is 0.123 e. The second kappa shape index (κ2) is 4.28. The molecule has 17 heavy (non-hydrogen) atoms. The van der Waals surface area contributed by atoms with Crippen molar-refractivity contribution >= 4 is 0 Å². The van der Waals surface area contributed by atoms with Gasteiger partial charge in [-0.05, 0) is 48.6 Å². The minimum absolute atomic E-state index is 0.170. The molecule has 0 radical (unpaired) electrons. The van der Waals surface area contributed by atoms with Gasteiger partial charge in [-0.3, -0.25) is 4.98 Å². The molecule has 2 heteroatoms. The Labute approximate surface area is 100 Å². The van der Waals surface area contributed by atoms with Crippen LogP contribution in [0.3, 0.4) is 0 Å². The first-order valence-corrected chi connectivity index (χ1v) is 6.04. The van der Waals surface area contributed by atoms with Crippen molar-refractivity contribution in [3.05, 3.63) is 65.2 Å². The van der Waals surface area contributed by atoms with Crippen LogP contribution in [0.4, 0.5) is 4.39 Å². The lowest BCUT2D eigenvalue weighted by Gasteiger charge is -2.24. The number of rotatable bonds is 1. The Balaban J connectivity index is 2.03. The average molecular weight is 227 g/mol. The Kier molecular flexibility index (Phi) is 2.63. The van der Waals surface area contributed by atoms with Crippen LogP contribution in [-0.4, -0.2) is 4.98 Å². The first kappa shape index (κ1) is 10.5. The Morgan fingerprint density at radius 3 is 2.76 bits per heavy atom. The van der Waals surface area contributed by atoms with E-state index in [0.717, 1.165) is 19.3 Å². The first-order chi connectivity index (χ1) is 8.34. The number of pyridine rings is 1. The van der Waals surface area contributed by atoms with E-state index in [1.165, 1.54) is 16.8 Å². The number of halogens is 1. The third-order valence-electron chi connectivity index (χ3n) is 3.48. The number of aromatic nitrogens is 1. The third-order valence-corrected chi connectivity index (χ3v) is 3.48. The highest BCUT2D eigenvalue weighted by Crippen LogP contribution is 2.35. The minimum Gasteiger partial charge on any atom is -0.261 e. The van der Waals surface area contributed by atoms with Gasteiger partial charge in [-0.25, -0.2) is 4.39 Å². The number of aryl methyl sites for hydroxylation is 1. The molecule has 1 aliphatic carbocycles. The van der Waals surface area contributed by atoms with Gasteiger partial charge in [0.15, 0.2) is 0 Å². The summed E-state index contributed by atoms with van der Waals surface area (Å²) in [6.45, 7) is 0. The molecule has 0 fully saturated rings. The van der Waals surface area contributed by atoms with E-state index in [-0.39, 0.29) is 5.82 Å². The van der Waals surface area contributed by atoms with Crippen molar-refractivity contribution in [3.8, 4) is 0 Å². The summed E-state index contributed by atoms with van der Waals surface area (Å²) in [5.74, 6) is 0.212. The topological polar surface area (TPSA) is 12.9 Å². The van der Waals surface area contributed by atoms with Gasteiger partial charge in [0, 0.05) is 17.8 Å². The van der Waals surface area contributed by atoms with E-state index in [9.17, 15) is 4.39 Å². The van der Waals surface area contributed by atoms with Gasteiger partial charge in [-0.1, -0.05) is 18.2 Å². The van der Waals surface area contributed by atoms with E-state index in [1.807, 2.05) is 24.4 Å². The van der Waals surface area contributed by atoms with Crippen molar-refractivity contribution in [1.29, 1.82) is 0 Å². The number of benzene rings is 1. The Morgan fingerprint density at radius 2 is 1.94 bits per heavy atom. The average Bonchev–Trinajstić information content (AvgIpc) is 2.39. The predicted octanol–water partition coefficient (Wildman–Crippen LogP) is 3.69. The van der Waals surface area contributed by atoms with Crippen molar-refractivity contribution in [2.45, 2.75) is 25.2 Å². The molecule has 3 rings (SSSR count). The van der Waals surface area contributed by atoms with Gasteiger partial charge in [-0.2, -0.15) is 0 Å². The van der Waals surface area contributed by atoms with Crippen LogP contribution in [0.25, 0.3) is 0 Å². The fourth-order valence-electron chi connectivity index (χ4n) is 2.65. The van der Waals surface area contributed by atoms with Crippen molar-refractivity contribution in [2.75, 3.05) is 0 Å². The molecule has 1 nitrogen and oxygen atoms in total. The van der Waals surface area contributed by atoms with Crippen LogP contribution in [-0.2, 0) is 6.42 Å². The predicted molar refractivity (Wildman–Crippen MR) is 65.4 cm³/mol. The van der Waals surface area contributed by atoms with Crippen LogP contribution in [0.15, 0.2) is 42.6 Å². The molecule has 86 valence electrons. The highest BCUT2D eigenvalue weighted by molar-refractivity contribution is 5.36. The number of hydrogen-bond donors (Lipinski definition) is 0. The lowest BCUT2D eigenvalue weighted by atomic mass is 9.81. The molecule has 1 aliphatic rings. The molecule has 1 aromatic carbocycles. The molecular formula is C15H14FN. The summed E-state index contributed by atoms with van der Waals surface area (Å²) >= 11 is 0. The quantitative estimate of drug-likeness (QED) is 0.724. The van der Waals surface area contributed by atoms with E-state index < -0.39 is 0 Å². The fourth-order valence-corrected chi connectivity index (χ4v) is 2.65. The SMILES string of the molecule is Fc1ccc([C@H]2CCCc3ncccc32)cc1. The Morgan fingerprint density at radius 1 is 1.12 bits per heavy atom. The summed E-state index contributed by atoms with van der Waals surface area (Å²) in [6.07, 6.45) is 5.20. The summed E-state index contributed by atoms with van der Waals surface area (Å²) in [4.78, 5) is 4.44. The summed E-state index contributed by atoms with van der Waals surface area (Å²) in [7, 11) is 0. The minimum atomic E-state index is -0.170. The number of fused-ring (bicyclic) bond motifs is 1. The van der Waals surface area contributed by atoms with Gasteiger partial charge in [-0.15, -0.1) is 0 Å². The van der Waals surface area contributed by atoms with E-state index in [0.29, 0.717) is 5.92 Å². The number of nitrogens with zero attached hydrogens (tertiary/aromatic N) is 1. The molecule has 0 amide bonds. The monoisotopic (exact) mass is 227 g/mol. The lowest BCUT2D eigenvalue weighted by Crippen LogP contribution is -2.12. The second-order valence-electron chi connectivity index (χ2n) is 4.54. The van der Waals surface area contributed by atoms with E-state index >= 15 is 0 Å². The maximum absolute atomic E-state index is 12.9. The van der Waals surface area contributed by atoms with Crippen LogP contribution in [0.5, 0.6) is 0 Å². The van der Waals surface area contributed by atoms with Crippen LogP contribution in [0.2, 0.25) is 0 Å². The summed E-state index contributed by atoms with van der Waals surface area (Å²) in [5, 5.41) is 0. The highest BCUT2D eigenvalue weighted by atomic mass is 19.1. The largest absolute Gasteiger partial charge is 0.261 e. The highest BCUT2D eigenvalue weighted by Gasteiger charge is 2.21. The summed E-state index contributed by atoms with van der Waals surface area (Å²) in [6, 6.07) is 11.0. The standard InChI is InChI=1S/C15H14FN/c16-12-8-6-11(7-9-12)13-3-1-5-15-14(13)4-2-10-17-15/h2,4,6-10,13H,1,3,5H2/t13-/m1/s1. The van der Waals surface area contributed by atoms with Gasteiger partial charge in [0.25, 0.3) is 0 Å². The van der Waals surface area contributed by atoms with Gasteiger partial charge >= 0.3 is 0 Å². The van der Waals surface area contributed by atoms with Crippen molar-refractivity contribution < 1.29 is 4.39 Å². The Bertz CT molecular complexity index is 519.